The molecular weight excluding hydrogens is 368 g/mol. The predicted octanol–water partition coefficient (Wildman–Crippen LogP) is 2.71. The maximum Gasteiger partial charge on any atom is 0.330 e. The Morgan fingerprint density at radius 2 is 1.97 bits per heavy atom. The monoisotopic (exact) mass is 398 g/mol. The fraction of sp³-hybridized carbons (Fsp3) is 0.500. The van der Waals surface area contributed by atoms with Crippen LogP contribution in [0.25, 0.3) is 0 Å². The average molecular weight is 399 g/mol. The number of fused-ring (bicyclic) bond motifs is 1. The molecule has 29 heavy (non-hydrogen) atoms. The van der Waals surface area contributed by atoms with Gasteiger partial charge in [-0.15, -0.1) is 0 Å². The molecular formula is C22H30N4O3. The van der Waals surface area contributed by atoms with Gasteiger partial charge in [-0.1, -0.05) is 33.3 Å². The van der Waals surface area contributed by atoms with Crippen molar-refractivity contribution in [3.63, 3.8) is 0 Å². The summed E-state index contributed by atoms with van der Waals surface area (Å²) in [4.78, 5) is 42.1. The number of rotatable bonds is 7. The minimum Gasteiger partial charge on any atom is -0.383 e. The molecule has 156 valence electrons. The van der Waals surface area contributed by atoms with Crippen LogP contribution in [0.4, 0.5) is 11.5 Å². The number of nitrogen functional groups attached to an aromatic ring is 1. The van der Waals surface area contributed by atoms with Gasteiger partial charge in [0.2, 0.25) is 0 Å². The molecule has 3 rings (SSSR count). The molecule has 1 aliphatic rings. The van der Waals surface area contributed by atoms with E-state index in [0.717, 1.165) is 32.1 Å². The van der Waals surface area contributed by atoms with Gasteiger partial charge in [0.25, 0.3) is 11.5 Å². The fourth-order valence-electron chi connectivity index (χ4n) is 3.88. The molecule has 0 radical (unpaired) electrons. The second kappa shape index (κ2) is 8.68. The van der Waals surface area contributed by atoms with Gasteiger partial charge >= 0.3 is 5.69 Å². The van der Waals surface area contributed by atoms with E-state index in [1.54, 1.807) is 0 Å². The number of nitrogens with two attached hydrogens (primary N) is 1. The Labute approximate surface area is 170 Å². The minimum atomic E-state index is -0.627. The average Bonchev–Trinajstić information content (AvgIpc) is 3.14. The Kier molecular flexibility index (Phi) is 6.25. The van der Waals surface area contributed by atoms with E-state index < -0.39 is 11.2 Å². The van der Waals surface area contributed by atoms with Gasteiger partial charge in [0.05, 0.1) is 0 Å². The zero-order valence-electron chi connectivity index (χ0n) is 17.5. The lowest BCUT2D eigenvalue weighted by molar-refractivity contribution is 0.0986. The molecule has 0 unspecified atom stereocenters. The summed E-state index contributed by atoms with van der Waals surface area (Å²) < 4.78 is 1.34. The molecule has 0 spiro atoms. The van der Waals surface area contributed by atoms with Crippen LogP contribution in [0, 0.1) is 5.92 Å². The van der Waals surface area contributed by atoms with Gasteiger partial charge in [-0.25, -0.2) is 4.79 Å². The number of unbranched alkanes of at least 4 members (excludes halogenated alkanes) is 1. The molecule has 0 saturated heterocycles. The topological polar surface area (TPSA) is 101 Å². The number of nitrogens with one attached hydrogen (secondary N) is 1. The SMILES string of the molecule is CCCCN(C(=O)c1ccc2c(c1)CCC2)c1c(N)n(CC(C)C)c(=O)[nH]c1=O. The summed E-state index contributed by atoms with van der Waals surface area (Å²) in [6.45, 7) is 6.66. The second-order valence-corrected chi connectivity index (χ2v) is 8.14. The molecule has 1 amide bonds. The lowest BCUT2D eigenvalue weighted by Crippen LogP contribution is -2.42. The third kappa shape index (κ3) is 4.28. The van der Waals surface area contributed by atoms with Gasteiger partial charge in [0.1, 0.15) is 5.82 Å². The second-order valence-electron chi connectivity index (χ2n) is 8.14. The maximum absolute atomic E-state index is 13.4. The Hall–Kier alpha value is -2.83. The van der Waals surface area contributed by atoms with Crippen LogP contribution in [-0.4, -0.2) is 22.0 Å². The van der Waals surface area contributed by atoms with E-state index in [4.69, 9.17) is 5.73 Å². The first kappa shape index (κ1) is 20.9. The molecule has 0 fully saturated rings. The quantitative estimate of drug-likeness (QED) is 0.749. The molecule has 1 heterocycles. The van der Waals surface area contributed by atoms with E-state index >= 15 is 0 Å². The van der Waals surface area contributed by atoms with Crippen molar-refractivity contribution in [1.82, 2.24) is 9.55 Å². The van der Waals surface area contributed by atoms with Gasteiger partial charge in [-0.3, -0.25) is 19.1 Å². The van der Waals surface area contributed by atoms with E-state index in [2.05, 4.69) is 4.98 Å². The molecule has 1 aromatic carbocycles. The Bertz CT molecular complexity index is 1020. The zero-order valence-corrected chi connectivity index (χ0v) is 17.5. The third-order valence-electron chi connectivity index (χ3n) is 5.36. The van der Waals surface area contributed by atoms with Crippen LogP contribution in [0.1, 0.15) is 61.5 Å². The number of benzene rings is 1. The van der Waals surface area contributed by atoms with Crippen molar-refractivity contribution >= 4 is 17.4 Å². The van der Waals surface area contributed by atoms with Crippen LogP contribution < -0.4 is 21.9 Å². The number of nitrogens with zero attached hydrogens (tertiary/aromatic N) is 2. The van der Waals surface area contributed by atoms with Gasteiger partial charge in [-0.2, -0.15) is 0 Å². The van der Waals surface area contributed by atoms with Crippen molar-refractivity contribution in [1.29, 1.82) is 0 Å². The Balaban J connectivity index is 2.08. The molecule has 1 aromatic heterocycles. The van der Waals surface area contributed by atoms with Gasteiger partial charge in [0.15, 0.2) is 5.69 Å². The minimum absolute atomic E-state index is 0.0399. The normalized spacial score (nSPS) is 13.0. The summed E-state index contributed by atoms with van der Waals surface area (Å²) in [5, 5.41) is 0. The van der Waals surface area contributed by atoms with Crippen molar-refractivity contribution < 1.29 is 4.79 Å². The van der Waals surface area contributed by atoms with Gasteiger partial charge in [0, 0.05) is 18.7 Å². The summed E-state index contributed by atoms with van der Waals surface area (Å²) >= 11 is 0. The number of aryl methyl sites for hydroxylation is 2. The predicted molar refractivity (Wildman–Crippen MR) is 116 cm³/mol. The Morgan fingerprint density at radius 3 is 2.66 bits per heavy atom. The first-order chi connectivity index (χ1) is 13.8. The summed E-state index contributed by atoms with van der Waals surface area (Å²) in [5.74, 6) is -0.0663. The van der Waals surface area contributed by atoms with Crippen LogP contribution in [0.3, 0.4) is 0 Å². The first-order valence-corrected chi connectivity index (χ1v) is 10.4. The maximum atomic E-state index is 13.4. The number of anilines is 2. The standard InChI is InChI=1S/C22H30N4O3/c1-4-5-11-25(21(28)17-10-9-15-7-6-8-16(15)12-17)18-19(23)26(13-14(2)3)22(29)24-20(18)27/h9-10,12,14H,4-8,11,13,23H2,1-3H3,(H,24,27,29). The summed E-state index contributed by atoms with van der Waals surface area (Å²) in [6, 6.07) is 5.75. The van der Waals surface area contributed by atoms with E-state index in [9.17, 15) is 14.4 Å². The van der Waals surface area contributed by atoms with Crippen molar-refractivity contribution in [2.45, 2.75) is 59.4 Å². The summed E-state index contributed by atoms with van der Waals surface area (Å²) in [7, 11) is 0. The summed E-state index contributed by atoms with van der Waals surface area (Å²) in [6.07, 6.45) is 4.68. The highest BCUT2D eigenvalue weighted by molar-refractivity contribution is 6.07. The number of carbonyl (C=O) groups is 1. The molecule has 2 aromatic rings. The number of amides is 1. The molecule has 7 heteroatoms. The van der Waals surface area contributed by atoms with Crippen LogP contribution in [0.5, 0.6) is 0 Å². The molecule has 0 atom stereocenters. The number of hydrogen-bond donors (Lipinski definition) is 2. The van der Waals surface area contributed by atoms with Crippen molar-refractivity contribution in [2.24, 2.45) is 5.92 Å². The largest absolute Gasteiger partial charge is 0.383 e. The lowest BCUT2D eigenvalue weighted by Gasteiger charge is -2.25. The van der Waals surface area contributed by atoms with Crippen molar-refractivity contribution in [3.8, 4) is 0 Å². The number of aromatic nitrogens is 2. The van der Waals surface area contributed by atoms with E-state index in [1.807, 2.05) is 39.0 Å². The number of H-pyrrole nitrogens is 1. The summed E-state index contributed by atoms with van der Waals surface area (Å²) in [5.41, 5.74) is 8.16. The van der Waals surface area contributed by atoms with Crippen LogP contribution in [-0.2, 0) is 19.4 Å². The molecule has 1 aliphatic carbocycles. The smallest absolute Gasteiger partial charge is 0.330 e. The molecule has 7 nitrogen and oxygen atoms in total. The van der Waals surface area contributed by atoms with E-state index in [1.165, 1.54) is 20.6 Å². The van der Waals surface area contributed by atoms with Gasteiger partial charge < -0.3 is 10.6 Å². The van der Waals surface area contributed by atoms with Crippen LogP contribution in [0.15, 0.2) is 27.8 Å². The van der Waals surface area contributed by atoms with Crippen molar-refractivity contribution in [2.75, 3.05) is 17.2 Å². The van der Waals surface area contributed by atoms with Crippen LogP contribution >= 0.6 is 0 Å². The molecule has 0 bridgehead atoms. The number of carbonyl (C=O) groups excluding carboxylic acids is 1. The fourth-order valence-corrected chi connectivity index (χ4v) is 3.88. The number of aromatic amines is 1. The molecule has 0 aliphatic heterocycles. The zero-order chi connectivity index (χ0) is 21.1. The molecule has 3 N–H and O–H groups in total. The third-order valence-corrected chi connectivity index (χ3v) is 5.36. The lowest BCUT2D eigenvalue weighted by atomic mass is 10.1. The van der Waals surface area contributed by atoms with Gasteiger partial charge in [-0.05, 0) is 54.9 Å². The highest BCUT2D eigenvalue weighted by Gasteiger charge is 2.26. The van der Waals surface area contributed by atoms with E-state index in [0.29, 0.717) is 18.7 Å². The number of hydrogen-bond acceptors (Lipinski definition) is 4. The first-order valence-electron chi connectivity index (χ1n) is 10.4. The molecule has 0 saturated carbocycles. The van der Waals surface area contributed by atoms with Crippen LogP contribution in [0.2, 0.25) is 0 Å². The van der Waals surface area contributed by atoms with Crippen molar-refractivity contribution in [3.05, 3.63) is 55.7 Å². The highest BCUT2D eigenvalue weighted by Crippen LogP contribution is 2.25. The van der Waals surface area contributed by atoms with E-state index in [-0.39, 0.29) is 23.3 Å². The Morgan fingerprint density at radius 1 is 1.24 bits per heavy atom. The highest BCUT2D eigenvalue weighted by atomic mass is 16.2.